The molecule has 0 aliphatic heterocycles. The van der Waals surface area contributed by atoms with E-state index < -0.39 is 17.5 Å². The van der Waals surface area contributed by atoms with Crippen molar-refractivity contribution < 1.29 is 23.1 Å². The topological polar surface area (TPSA) is 43.4 Å². The molecule has 0 unspecified atom stereocenters. The van der Waals surface area contributed by atoms with Crippen LogP contribution in [-0.4, -0.2) is 18.4 Å². The summed E-state index contributed by atoms with van der Waals surface area (Å²) in [5, 5.41) is 0. The fourth-order valence-corrected chi connectivity index (χ4v) is 1.69. The minimum absolute atomic E-state index is 0.100. The van der Waals surface area contributed by atoms with E-state index in [1.54, 1.807) is 0 Å². The first-order valence-corrected chi connectivity index (χ1v) is 5.48. The summed E-state index contributed by atoms with van der Waals surface area (Å²) >= 11 is 0. The van der Waals surface area contributed by atoms with Crippen LogP contribution in [0.25, 0.3) is 0 Å². The highest BCUT2D eigenvalue weighted by molar-refractivity contribution is 5.96. The fourth-order valence-electron chi connectivity index (χ4n) is 1.69. The summed E-state index contributed by atoms with van der Waals surface area (Å²) in [5.74, 6) is -5.67. The molecule has 0 saturated carbocycles. The Hall–Kier alpha value is -1.78. The van der Waals surface area contributed by atoms with Crippen LogP contribution >= 0.6 is 0 Å². The van der Waals surface area contributed by atoms with Crippen molar-refractivity contribution in [2.75, 3.05) is 6.61 Å². The van der Waals surface area contributed by atoms with Crippen molar-refractivity contribution in [2.45, 2.75) is 26.7 Å². The molecular formula is C13H14F2O3. The van der Waals surface area contributed by atoms with Crippen LogP contribution in [0, 0.1) is 6.92 Å². The maximum Gasteiger partial charge on any atom is 0.381 e. The Kier molecular flexibility index (Phi) is 4.16. The third-order valence-corrected chi connectivity index (χ3v) is 2.58. The van der Waals surface area contributed by atoms with Crippen molar-refractivity contribution >= 4 is 11.8 Å². The predicted octanol–water partition coefficient (Wildman–Crippen LogP) is 2.85. The van der Waals surface area contributed by atoms with Gasteiger partial charge in [0.2, 0.25) is 0 Å². The number of rotatable bonds is 4. The molecule has 0 atom stereocenters. The van der Waals surface area contributed by atoms with Crippen molar-refractivity contribution in [1.82, 2.24) is 0 Å². The third-order valence-electron chi connectivity index (χ3n) is 2.58. The summed E-state index contributed by atoms with van der Waals surface area (Å²) in [6.45, 7) is 4.00. The minimum Gasteiger partial charge on any atom is -0.461 e. The van der Waals surface area contributed by atoms with Crippen LogP contribution in [0.5, 0.6) is 0 Å². The average Bonchev–Trinajstić information content (AvgIpc) is 2.28. The van der Waals surface area contributed by atoms with Gasteiger partial charge in [-0.1, -0.05) is 18.2 Å². The van der Waals surface area contributed by atoms with E-state index in [2.05, 4.69) is 4.74 Å². The highest BCUT2D eigenvalue weighted by Crippen LogP contribution is 2.33. The molecule has 0 aromatic heterocycles. The van der Waals surface area contributed by atoms with Crippen LogP contribution in [0.4, 0.5) is 8.78 Å². The number of alkyl halides is 2. The summed E-state index contributed by atoms with van der Waals surface area (Å²) < 4.78 is 32.1. The summed E-state index contributed by atoms with van der Waals surface area (Å²) in [5.41, 5.74) is -0.215. The van der Waals surface area contributed by atoms with Crippen LogP contribution < -0.4 is 0 Å². The van der Waals surface area contributed by atoms with Gasteiger partial charge >= 0.3 is 11.9 Å². The number of hydrogen-bond acceptors (Lipinski definition) is 3. The van der Waals surface area contributed by atoms with Gasteiger partial charge in [0.05, 0.1) is 6.61 Å². The normalized spacial score (nSPS) is 11.2. The molecule has 0 spiro atoms. The molecule has 0 radical (unpaired) electrons. The molecule has 1 rings (SSSR count). The molecule has 98 valence electrons. The van der Waals surface area contributed by atoms with E-state index in [1.807, 2.05) is 0 Å². The lowest BCUT2D eigenvalue weighted by Gasteiger charge is -2.18. The van der Waals surface area contributed by atoms with Gasteiger partial charge in [-0.15, -0.1) is 0 Å². The Morgan fingerprint density at radius 2 is 1.94 bits per heavy atom. The molecular weight excluding hydrogens is 242 g/mol. The molecule has 0 fully saturated rings. The van der Waals surface area contributed by atoms with Crippen LogP contribution in [0.15, 0.2) is 18.2 Å². The lowest BCUT2D eigenvalue weighted by atomic mass is 9.96. The third kappa shape index (κ3) is 2.55. The van der Waals surface area contributed by atoms with Gasteiger partial charge < -0.3 is 4.74 Å². The van der Waals surface area contributed by atoms with Crippen molar-refractivity contribution in [3.8, 4) is 0 Å². The number of ether oxygens (including phenoxy) is 1. The van der Waals surface area contributed by atoms with E-state index >= 15 is 0 Å². The second-order valence-electron chi connectivity index (χ2n) is 3.83. The molecule has 0 N–H and O–H groups in total. The van der Waals surface area contributed by atoms with Crippen molar-refractivity contribution in [1.29, 1.82) is 0 Å². The predicted molar refractivity (Wildman–Crippen MR) is 61.7 cm³/mol. The van der Waals surface area contributed by atoms with Crippen molar-refractivity contribution in [2.24, 2.45) is 0 Å². The first-order chi connectivity index (χ1) is 8.32. The smallest absolute Gasteiger partial charge is 0.381 e. The molecule has 0 heterocycles. The Morgan fingerprint density at radius 1 is 1.33 bits per heavy atom. The highest BCUT2D eigenvalue weighted by atomic mass is 19.3. The minimum atomic E-state index is -3.74. The molecule has 1 aromatic carbocycles. The zero-order valence-electron chi connectivity index (χ0n) is 10.4. The van der Waals surface area contributed by atoms with Crippen LogP contribution in [0.2, 0.25) is 0 Å². The van der Waals surface area contributed by atoms with E-state index in [4.69, 9.17) is 0 Å². The van der Waals surface area contributed by atoms with E-state index in [0.717, 1.165) is 6.07 Å². The van der Waals surface area contributed by atoms with E-state index in [1.165, 1.54) is 32.9 Å². The Balaban J connectivity index is 3.29. The number of carbonyl (C=O) groups excluding carboxylic acids is 2. The molecule has 0 aliphatic rings. The summed E-state index contributed by atoms with van der Waals surface area (Å²) in [7, 11) is 0. The average molecular weight is 256 g/mol. The largest absolute Gasteiger partial charge is 0.461 e. The zero-order chi connectivity index (χ0) is 13.9. The number of carbonyl (C=O) groups is 2. The molecule has 0 aliphatic carbocycles. The van der Waals surface area contributed by atoms with Crippen LogP contribution in [-0.2, 0) is 15.5 Å². The zero-order valence-corrected chi connectivity index (χ0v) is 10.4. The number of Topliss-reactive ketones (excluding diaryl/α,β-unsaturated/α-hetero) is 1. The van der Waals surface area contributed by atoms with Crippen molar-refractivity contribution in [3.63, 3.8) is 0 Å². The number of ketones is 1. The van der Waals surface area contributed by atoms with Crippen LogP contribution in [0.3, 0.4) is 0 Å². The summed E-state index contributed by atoms with van der Waals surface area (Å²) in [6, 6.07) is 3.90. The standard InChI is InChI=1S/C13H14F2O3/c1-4-18-12(17)13(14,15)11-7-5-6-10(8(11)2)9(3)16/h5-7H,4H2,1-3H3. The Bertz CT molecular complexity index is 481. The lowest BCUT2D eigenvalue weighted by molar-refractivity contribution is -0.173. The lowest BCUT2D eigenvalue weighted by Crippen LogP contribution is -2.29. The Morgan fingerprint density at radius 3 is 2.44 bits per heavy atom. The molecule has 0 bridgehead atoms. The second kappa shape index (κ2) is 5.25. The van der Waals surface area contributed by atoms with Gasteiger partial charge in [0.1, 0.15) is 0 Å². The molecule has 3 nitrogen and oxygen atoms in total. The monoisotopic (exact) mass is 256 g/mol. The maximum absolute atomic E-state index is 13.9. The number of benzene rings is 1. The molecule has 0 amide bonds. The van der Waals surface area contributed by atoms with Crippen molar-refractivity contribution in [3.05, 3.63) is 34.9 Å². The summed E-state index contributed by atoms with van der Waals surface area (Å²) in [6.07, 6.45) is 0. The van der Waals surface area contributed by atoms with Gasteiger partial charge in [-0.3, -0.25) is 4.79 Å². The first kappa shape index (κ1) is 14.3. The van der Waals surface area contributed by atoms with Gasteiger partial charge in [-0.25, -0.2) is 4.79 Å². The maximum atomic E-state index is 13.9. The molecule has 1 aromatic rings. The van der Waals surface area contributed by atoms with Gasteiger partial charge in [-0.05, 0) is 26.3 Å². The quantitative estimate of drug-likeness (QED) is 0.614. The second-order valence-corrected chi connectivity index (χ2v) is 3.83. The van der Waals surface area contributed by atoms with Crippen LogP contribution in [0.1, 0.15) is 35.3 Å². The number of esters is 1. The van der Waals surface area contributed by atoms with Gasteiger partial charge in [0.15, 0.2) is 5.78 Å². The van der Waals surface area contributed by atoms with Gasteiger partial charge in [0, 0.05) is 11.1 Å². The van der Waals surface area contributed by atoms with Gasteiger partial charge in [0.25, 0.3) is 0 Å². The van der Waals surface area contributed by atoms with E-state index in [9.17, 15) is 18.4 Å². The number of halogens is 2. The SMILES string of the molecule is CCOC(=O)C(F)(F)c1cccc(C(C)=O)c1C. The number of hydrogen-bond donors (Lipinski definition) is 0. The Labute approximate surface area is 104 Å². The molecule has 5 heteroatoms. The van der Waals surface area contributed by atoms with E-state index in [-0.39, 0.29) is 23.5 Å². The fraction of sp³-hybridized carbons (Fsp3) is 0.385. The first-order valence-electron chi connectivity index (χ1n) is 5.48. The molecule has 18 heavy (non-hydrogen) atoms. The highest BCUT2D eigenvalue weighted by Gasteiger charge is 2.44. The summed E-state index contributed by atoms with van der Waals surface area (Å²) in [4.78, 5) is 22.5. The molecule has 0 saturated heterocycles. The van der Waals surface area contributed by atoms with E-state index in [0.29, 0.717) is 0 Å². The van der Waals surface area contributed by atoms with Gasteiger partial charge in [-0.2, -0.15) is 8.78 Å².